The number of ether oxygens (including phenoxy) is 1. The zero-order valence-corrected chi connectivity index (χ0v) is 12.6. The third kappa shape index (κ3) is 3.42. The Morgan fingerprint density at radius 3 is 2.95 bits per heavy atom. The normalized spacial score (nSPS) is 29.9. The van der Waals surface area contributed by atoms with Gasteiger partial charge in [0, 0.05) is 13.1 Å². The summed E-state index contributed by atoms with van der Waals surface area (Å²) in [5.74, 6) is 0.549. The maximum absolute atomic E-state index is 12.0. The summed E-state index contributed by atoms with van der Waals surface area (Å²) in [7, 11) is 3.88. The molecule has 6 heteroatoms. The summed E-state index contributed by atoms with van der Waals surface area (Å²) in [5.41, 5.74) is -0.437. The lowest BCUT2D eigenvalue weighted by atomic mass is 9.79. The van der Waals surface area contributed by atoms with Crippen molar-refractivity contribution in [1.82, 2.24) is 15.1 Å². The molecule has 1 aliphatic carbocycles. The number of nitrogens with one attached hydrogen (secondary N) is 1. The van der Waals surface area contributed by atoms with E-state index in [1.807, 2.05) is 19.0 Å². The van der Waals surface area contributed by atoms with Crippen LogP contribution in [0.2, 0.25) is 0 Å². The minimum absolute atomic E-state index is 0.341. The van der Waals surface area contributed by atoms with Gasteiger partial charge in [-0.15, -0.1) is 0 Å². The van der Waals surface area contributed by atoms with E-state index < -0.39 is 11.7 Å². The minimum Gasteiger partial charge on any atom is -0.441 e. The molecular formula is C14H25N3O3. The van der Waals surface area contributed by atoms with Crippen LogP contribution in [0.1, 0.15) is 32.6 Å². The van der Waals surface area contributed by atoms with Crippen LogP contribution in [0.25, 0.3) is 0 Å². The number of imide groups is 1. The number of amides is 3. The number of hydrogen-bond acceptors (Lipinski definition) is 4. The van der Waals surface area contributed by atoms with Gasteiger partial charge in [0.15, 0.2) is 0 Å². The van der Waals surface area contributed by atoms with Crippen LogP contribution in [-0.4, -0.2) is 61.3 Å². The summed E-state index contributed by atoms with van der Waals surface area (Å²) in [5, 5.41) is 2.76. The fourth-order valence-corrected chi connectivity index (χ4v) is 3.11. The molecule has 2 fully saturated rings. The fourth-order valence-electron chi connectivity index (χ4n) is 3.11. The molecule has 2 atom stereocenters. The molecule has 1 saturated carbocycles. The summed E-state index contributed by atoms with van der Waals surface area (Å²) in [6.07, 6.45) is 3.46. The summed E-state index contributed by atoms with van der Waals surface area (Å²) in [4.78, 5) is 27.2. The van der Waals surface area contributed by atoms with Crippen molar-refractivity contribution < 1.29 is 14.3 Å². The highest BCUT2D eigenvalue weighted by molar-refractivity contribution is 5.92. The molecule has 0 radical (unpaired) electrons. The largest absolute Gasteiger partial charge is 0.441 e. The summed E-state index contributed by atoms with van der Waals surface area (Å²) >= 11 is 0. The molecule has 0 aromatic carbocycles. The van der Waals surface area contributed by atoms with Gasteiger partial charge in [-0.05, 0) is 39.3 Å². The van der Waals surface area contributed by atoms with Crippen LogP contribution in [0.15, 0.2) is 0 Å². The van der Waals surface area contributed by atoms with Crippen LogP contribution in [0, 0.1) is 5.92 Å². The number of carbonyl (C=O) groups is 2. The molecule has 2 rings (SSSR count). The molecule has 1 heterocycles. The van der Waals surface area contributed by atoms with Gasteiger partial charge in [-0.25, -0.2) is 14.5 Å². The van der Waals surface area contributed by atoms with Crippen molar-refractivity contribution in [2.24, 2.45) is 5.92 Å². The number of likely N-dealkylation sites (N-methyl/N-ethyl adjacent to an activating group) is 1. The summed E-state index contributed by atoms with van der Waals surface area (Å²) < 4.78 is 5.54. The van der Waals surface area contributed by atoms with E-state index >= 15 is 0 Å². The first kappa shape index (κ1) is 15.1. The van der Waals surface area contributed by atoms with Gasteiger partial charge in [0.1, 0.15) is 5.60 Å². The lowest BCUT2D eigenvalue weighted by Gasteiger charge is -2.34. The van der Waals surface area contributed by atoms with E-state index in [0.717, 1.165) is 25.8 Å². The highest BCUT2D eigenvalue weighted by atomic mass is 16.6. The highest BCUT2D eigenvalue weighted by Gasteiger charge is 2.49. The molecule has 6 nitrogen and oxygen atoms in total. The fraction of sp³-hybridized carbons (Fsp3) is 0.857. The Labute approximate surface area is 120 Å². The molecule has 2 unspecified atom stereocenters. The van der Waals surface area contributed by atoms with Crippen molar-refractivity contribution >= 4 is 12.1 Å². The van der Waals surface area contributed by atoms with Gasteiger partial charge in [0.2, 0.25) is 0 Å². The second-order valence-electron chi connectivity index (χ2n) is 6.37. The first-order chi connectivity index (χ1) is 9.42. The molecule has 1 spiro atoms. The van der Waals surface area contributed by atoms with E-state index in [0.29, 0.717) is 19.0 Å². The Kier molecular flexibility index (Phi) is 4.52. The molecule has 20 heavy (non-hydrogen) atoms. The smallest absolute Gasteiger partial charge is 0.418 e. The van der Waals surface area contributed by atoms with Crippen LogP contribution in [0.5, 0.6) is 0 Å². The zero-order valence-electron chi connectivity index (χ0n) is 12.6. The molecule has 0 aromatic rings. The summed E-state index contributed by atoms with van der Waals surface area (Å²) in [6.45, 7) is 3.84. The zero-order chi connectivity index (χ0) is 14.8. The third-order valence-corrected chi connectivity index (χ3v) is 4.10. The Balaban J connectivity index is 1.90. The molecule has 1 N–H and O–H groups in total. The predicted molar refractivity (Wildman–Crippen MR) is 75.5 cm³/mol. The average molecular weight is 283 g/mol. The van der Waals surface area contributed by atoms with Crippen LogP contribution in [0.4, 0.5) is 9.59 Å². The average Bonchev–Trinajstić information content (AvgIpc) is 2.65. The number of carbonyl (C=O) groups excluding carboxylic acids is 2. The topological polar surface area (TPSA) is 61.9 Å². The van der Waals surface area contributed by atoms with Gasteiger partial charge in [-0.2, -0.15) is 0 Å². The Hall–Kier alpha value is -1.30. The molecule has 114 valence electrons. The molecule has 2 aliphatic rings. The Morgan fingerprint density at radius 1 is 1.55 bits per heavy atom. The predicted octanol–water partition coefficient (Wildman–Crippen LogP) is 1.66. The van der Waals surface area contributed by atoms with Gasteiger partial charge in [0.05, 0.1) is 6.54 Å². The van der Waals surface area contributed by atoms with Crippen molar-refractivity contribution in [3.05, 3.63) is 0 Å². The molecule has 3 amide bonds. The number of nitrogens with zero attached hydrogens (tertiary/aromatic N) is 2. The van der Waals surface area contributed by atoms with Gasteiger partial charge in [-0.1, -0.05) is 13.3 Å². The molecule has 0 aromatic heterocycles. The Bertz CT molecular complexity index is 386. The standard InChI is InChI=1S/C14H25N3O3/c1-11-5-4-6-14(9-11)10-17(13(19)20-14)12(18)15-7-8-16(2)3/h11H,4-10H2,1-3H3,(H,15,18). The monoisotopic (exact) mass is 283 g/mol. The SMILES string of the molecule is CC1CCCC2(C1)CN(C(=O)NCCN(C)C)C(=O)O2. The summed E-state index contributed by atoms with van der Waals surface area (Å²) in [6, 6.07) is -0.341. The molecule has 0 bridgehead atoms. The lowest BCUT2D eigenvalue weighted by molar-refractivity contribution is 0.0102. The number of urea groups is 1. The van der Waals surface area contributed by atoms with Crippen molar-refractivity contribution in [2.75, 3.05) is 33.7 Å². The molecule has 1 aliphatic heterocycles. The van der Waals surface area contributed by atoms with E-state index in [4.69, 9.17) is 4.74 Å². The lowest BCUT2D eigenvalue weighted by Crippen LogP contribution is -2.45. The van der Waals surface area contributed by atoms with E-state index in [2.05, 4.69) is 12.2 Å². The van der Waals surface area contributed by atoms with Crippen molar-refractivity contribution in [3.63, 3.8) is 0 Å². The van der Waals surface area contributed by atoms with Crippen LogP contribution < -0.4 is 5.32 Å². The second kappa shape index (κ2) is 5.99. The van der Waals surface area contributed by atoms with Crippen LogP contribution >= 0.6 is 0 Å². The second-order valence-corrected chi connectivity index (χ2v) is 6.37. The maximum Gasteiger partial charge on any atom is 0.418 e. The number of hydrogen-bond donors (Lipinski definition) is 1. The first-order valence-corrected chi connectivity index (χ1v) is 7.35. The maximum atomic E-state index is 12.0. The van der Waals surface area contributed by atoms with Gasteiger partial charge in [-0.3, -0.25) is 0 Å². The highest BCUT2D eigenvalue weighted by Crippen LogP contribution is 2.39. The minimum atomic E-state index is -0.499. The molecular weight excluding hydrogens is 258 g/mol. The van der Waals surface area contributed by atoms with Crippen molar-refractivity contribution in [1.29, 1.82) is 0 Å². The quantitative estimate of drug-likeness (QED) is 0.855. The van der Waals surface area contributed by atoms with Gasteiger partial charge >= 0.3 is 12.1 Å². The van der Waals surface area contributed by atoms with E-state index in [1.54, 1.807) is 0 Å². The first-order valence-electron chi connectivity index (χ1n) is 7.35. The van der Waals surface area contributed by atoms with Crippen molar-refractivity contribution in [3.8, 4) is 0 Å². The Morgan fingerprint density at radius 2 is 2.30 bits per heavy atom. The van der Waals surface area contributed by atoms with Gasteiger partial charge in [0.25, 0.3) is 0 Å². The van der Waals surface area contributed by atoms with Crippen molar-refractivity contribution in [2.45, 2.75) is 38.2 Å². The van der Waals surface area contributed by atoms with Crippen LogP contribution in [0.3, 0.4) is 0 Å². The third-order valence-electron chi connectivity index (χ3n) is 4.10. The van der Waals surface area contributed by atoms with E-state index in [9.17, 15) is 9.59 Å². The number of rotatable bonds is 3. The van der Waals surface area contributed by atoms with E-state index in [-0.39, 0.29) is 6.03 Å². The van der Waals surface area contributed by atoms with Crippen LogP contribution in [-0.2, 0) is 4.74 Å². The van der Waals surface area contributed by atoms with E-state index in [1.165, 1.54) is 11.3 Å². The van der Waals surface area contributed by atoms with Gasteiger partial charge < -0.3 is 15.0 Å². The molecule has 1 saturated heterocycles.